The van der Waals surface area contributed by atoms with Crippen molar-refractivity contribution in [3.05, 3.63) is 33.7 Å². The van der Waals surface area contributed by atoms with Crippen molar-refractivity contribution in [3.63, 3.8) is 0 Å². The number of methoxy groups -OCH3 is 1. The molecule has 0 radical (unpaired) electrons. The molecule has 1 aliphatic rings. The van der Waals surface area contributed by atoms with Crippen LogP contribution >= 0.6 is 8.53 Å². The van der Waals surface area contributed by atoms with Gasteiger partial charge in [0, 0.05) is 24.8 Å². The summed E-state index contributed by atoms with van der Waals surface area (Å²) >= 11 is 0. The van der Waals surface area contributed by atoms with Gasteiger partial charge in [0.25, 0.3) is 8.53 Å². The van der Waals surface area contributed by atoms with Crippen molar-refractivity contribution < 1.29 is 23.3 Å². The first-order valence-electron chi connectivity index (χ1n) is 19.8. The third kappa shape index (κ3) is 14.5. The number of ether oxygens (including phenoxy) is 3. The molecular weight excluding hydrogens is 643 g/mol. The fourth-order valence-electron chi connectivity index (χ4n) is 7.36. The standard InChI is InChI=1S/C42H75N2O5P/c1-30(2)18-15-19-33(7)20-16-21-34(8)22-17-24-42(12)25-23-39-37(11)40(35(9)36(10)41(39)48-42)46-29-38(28-45-14)49-50(47-27-26-43-13)44(31(3)4)32(5)6/h30-34,38H,15-29H2,1-12,14H3. The highest BCUT2D eigenvalue weighted by Gasteiger charge is 2.35. The van der Waals surface area contributed by atoms with E-state index in [1.165, 1.54) is 62.5 Å². The van der Waals surface area contributed by atoms with E-state index in [1.807, 2.05) is 0 Å². The summed E-state index contributed by atoms with van der Waals surface area (Å²) in [4.78, 5) is 3.47. The highest BCUT2D eigenvalue weighted by molar-refractivity contribution is 7.44. The number of rotatable bonds is 25. The third-order valence-corrected chi connectivity index (χ3v) is 12.7. The maximum atomic E-state index is 7.18. The highest BCUT2D eigenvalue weighted by atomic mass is 31.2. The lowest BCUT2D eigenvalue weighted by atomic mass is 9.83. The zero-order valence-corrected chi connectivity index (χ0v) is 35.3. The second-order valence-electron chi connectivity index (χ2n) is 16.4. The van der Waals surface area contributed by atoms with Gasteiger partial charge in [-0.15, -0.1) is 0 Å². The summed E-state index contributed by atoms with van der Waals surface area (Å²) < 4.78 is 34.1. The third-order valence-electron chi connectivity index (χ3n) is 10.5. The van der Waals surface area contributed by atoms with Gasteiger partial charge in [0.1, 0.15) is 36.4 Å². The molecular formula is C42H75N2O5P. The van der Waals surface area contributed by atoms with Crippen LogP contribution < -0.4 is 9.47 Å². The molecule has 50 heavy (non-hydrogen) atoms. The van der Waals surface area contributed by atoms with E-state index in [9.17, 15) is 0 Å². The molecule has 5 unspecified atom stereocenters. The molecule has 0 amide bonds. The molecule has 1 aromatic carbocycles. The first kappa shape index (κ1) is 44.7. The normalized spacial score (nSPS) is 18.6. The number of hydrogen-bond donors (Lipinski definition) is 0. The summed E-state index contributed by atoms with van der Waals surface area (Å²) in [6, 6.07) is 0.450. The van der Waals surface area contributed by atoms with Crippen LogP contribution in [-0.2, 0) is 20.2 Å². The van der Waals surface area contributed by atoms with Crippen molar-refractivity contribution in [1.82, 2.24) is 4.67 Å². The Morgan fingerprint density at radius 2 is 1.44 bits per heavy atom. The Bertz CT molecular complexity index is 1160. The molecule has 0 aromatic heterocycles. The molecule has 1 heterocycles. The lowest BCUT2D eigenvalue weighted by Gasteiger charge is -2.39. The van der Waals surface area contributed by atoms with Gasteiger partial charge in [0.15, 0.2) is 0 Å². The van der Waals surface area contributed by atoms with Gasteiger partial charge in [-0.25, -0.2) is 11.2 Å². The topological polar surface area (TPSA) is 53.8 Å². The molecule has 0 N–H and O–H groups in total. The molecule has 0 spiro atoms. The number of nitrogens with zero attached hydrogens (tertiary/aromatic N) is 2. The zero-order valence-electron chi connectivity index (χ0n) is 34.5. The average Bonchev–Trinajstić information content (AvgIpc) is 3.03. The van der Waals surface area contributed by atoms with Crippen LogP contribution in [0.5, 0.6) is 11.5 Å². The molecule has 5 atom stereocenters. The summed E-state index contributed by atoms with van der Waals surface area (Å²) in [6.45, 7) is 35.5. The molecule has 0 fully saturated rings. The smallest absolute Gasteiger partial charge is 0.259 e. The second kappa shape index (κ2) is 22.6. The molecule has 0 saturated heterocycles. The minimum Gasteiger partial charge on any atom is -0.490 e. The number of hydrogen-bond acceptors (Lipinski definition) is 6. The Morgan fingerprint density at radius 3 is 2.00 bits per heavy atom. The predicted octanol–water partition coefficient (Wildman–Crippen LogP) is 11.8. The first-order chi connectivity index (χ1) is 23.6. The van der Waals surface area contributed by atoms with E-state index in [1.54, 1.807) is 7.11 Å². The van der Waals surface area contributed by atoms with Crippen LogP contribution in [0, 0.1) is 45.1 Å². The summed E-state index contributed by atoms with van der Waals surface area (Å²) in [5, 5.41) is 0. The fraction of sp³-hybridized carbons (Fsp3) is 0.833. The van der Waals surface area contributed by atoms with Crippen LogP contribution in [-0.4, -0.2) is 61.9 Å². The van der Waals surface area contributed by atoms with Gasteiger partial charge >= 0.3 is 0 Å². The Kier molecular flexibility index (Phi) is 20.2. The molecule has 0 bridgehead atoms. The van der Waals surface area contributed by atoms with Gasteiger partial charge in [-0.1, -0.05) is 72.6 Å². The van der Waals surface area contributed by atoms with Gasteiger partial charge in [-0.2, -0.15) is 0 Å². The van der Waals surface area contributed by atoms with E-state index >= 15 is 0 Å². The molecule has 0 aliphatic carbocycles. The lowest BCUT2D eigenvalue weighted by Crippen LogP contribution is -2.37. The monoisotopic (exact) mass is 719 g/mol. The van der Waals surface area contributed by atoms with E-state index in [4.69, 9.17) is 29.8 Å². The minimum absolute atomic E-state index is 0.135. The van der Waals surface area contributed by atoms with Crippen molar-refractivity contribution in [2.24, 2.45) is 17.8 Å². The maximum absolute atomic E-state index is 7.18. The molecule has 7 nitrogen and oxygen atoms in total. The van der Waals surface area contributed by atoms with Crippen LogP contribution in [0.2, 0.25) is 0 Å². The summed E-state index contributed by atoms with van der Waals surface area (Å²) in [7, 11) is 0.291. The predicted molar refractivity (Wildman–Crippen MR) is 211 cm³/mol. The summed E-state index contributed by atoms with van der Waals surface area (Å²) in [5.41, 5.74) is 4.59. The van der Waals surface area contributed by atoms with Crippen molar-refractivity contribution >= 4 is 8.53 Å². The molecule has 2 rings (SSSR count). The van der Waals surface area contributed by atoms with Crippen molar-refractivity contribution in [1.29, 1.82) is 0 Å². The number of benzene rings is 1. The van der Waals surface area contributed by atoms with Crippen LogP contribution in [0.1, 0.15) is 149 Å². The van der Waals surface area contributed by atoms with Crippen LogP contribution in [0.25, 0.3) is 4.85 Å². The van der Waals surface area contributed by atoms with E-state index in [-0.39, 0.29) is 23.8 Å². The summed E-state index contributed by atoms with van der Waals surface area (Å²) in [5.74, 6) is 4.44. The Balaban J connectivity index is 2.03. The molecule has 0 saturated carbocycles. The van der Waals surface area contributed by atoms with Gasteiger partial charge in [-0.05, 0) is 116 Å². The van der Waals surface area contributed by atoms with Gasteiger partial charge < -0.3 is 28.1 Å². The van der Waals surface area contributed by atoms with Crippen LogP contribution in [0.15, 0.2) is 0 Å². The minimum atomic E-state index is -1.40. The average molecular weight is 719 g/mol. The van der Waals surface area contributed by atoms with Gasteiger partial charge in [0.05, 0.1) is 6.61 Å². The van der Waals surface area contributed by atoms with E-state index in [0.717, 1.165) is 59.6 Å². The van der Waals surface area contributed by atoms with E-state index in [0.29, 0.717) is 26.4 Å². The molecule has 1 aliphatic heterocycles. The SMILES string of the molecule is [C-]#[N+]CCOP(OC(COC)COc1c(C)c(C)c2c(c1C)CCC(C)(CCCC(C)CCCC(C)CCCC(C)C)O2)N(C(C)C)C(C)C. The van der Waals surface area contributed by atoms with Gasteiger partial charge in [0.2, 0.25) is 6.54 Å². The molecule has 288 valence electrons. The Morgan fingerprint density at radius 1 is 0.840 bits per heavy atom. The Hall–Kier alpha value is -1.42. The largest absolute Gasteiger partial charge is 0.490 e. The zero-order chi connectivity index (χ0) is 37.4. The second-order valence-corrected chi connectivity index (χ2v) is 17.8. The van der Waals surface area contributed by atoms with Crippen LogP contribution in [0.3, 0.4) is 0 Å². The highest BCUT2D eigenvalue weighted by Crippen LogP contribution is 2.48. The molecule has 1 aromatic rings. The van der Waals surface area contributed by atoms with Crippen molar-refractivity contribution in [2.75, 3.05) is 33.5 Å². The van der Waals surface area contributed by atoms with E-state index < -0.39 is 8.53 Å². The lowest BCUT2D eigenvalue weighted by molar-refractivity contribution is 0.0337. The summed E-state index contributed by atoms with van der Waals surface area (Å²) in [6.07, 6.45) is 13.5. The fourth-order valence-corrected chi connectivity index (χ4v) is 9.04. The molecule has 8 heteroatoms. The first-order valence-corrected chi connectivity index (χ1v) is 20.9. The quantitative estimate of drug-likeness (QED) is 0.0570. The van der Waals surface area contributed by atoms with Gasteiger partial charge in [-0.3, -0.25) is 0 Å². The van der Waals surface area contributed by atoms with Crippen molar-refractivity contribution in [2.45, 2.75) is 178 Å². The number of fused-ring (bicyclic) bond motifs is 1. The maximum Gasteiger partial charge on any atom is 0.259 e. The van der Waals surface area contributed by atoms with E-state index in [2.05, 4.69) is 92.6 Å². The van der Waals surface area contributed by atoms with Crippen molar-refractivity contribution in [3.8, 4) is 11.5 Å². The Labute approximate surface area is 309 Å². The van der Waals surface area contributed by atoms with Crippen LogP contribution in [0.4, 0.5) is 0 Å².